The minimum atomic E-state index is 0.706. The topological polar surface area (TPSA) is 30.7 Å². The van der Waals surface area contributed by atoms with Crippen LogP contribution in [0.25, 0.3) is 59.3 Å². The van der Waals surface area contributed by atoms with Crippen LogP contribution in [0.1, 0.15) is 0 Å². The molecule has 0 aliphatic carbocycles. The van der Waals surface area contributed by atoms with Gasteiger partial charge in [0.15, 0.2) is 0 Å². The Hall–Kier alpha value is -3.67. The van der Waals surface area contributed by atoms with Gasteiger partial charge in [0.1, 0.15) is 0 Å². The maximum atomic E-state index is 5.22. The van der Waals surface area contributed by atoms with Gasteiger partial charge in [-0.25, -0.2) is 9.97 Å². The van der Waals surface area contributed by atoms with Gasteiger partial charge >= 0.3 is 0 Å². The third kappa shape index (κ3) is 2.91. The van der Waals surface area contributed by atoms with E-state index in [1.165, 1.54) is 25.8 Å². The second kappa shape index (κ2) is 7.69. The van der Waals surface area contributed by atoms with Crippen molar-refractivity contribution in [1.29, 1.82) is 0 Å². The number of hydrogen-bond acceptors (Lipinski definition) is 4. The quantitative estimate of drug-likeness (QED) is 0.242. The van der Waals surface area contributed by atoms with Gasteiger partial charge in [0.2, 0.25) is 5.95 Å². The first kappa shape index (κ1) is 19.8. The summed E-state index contributed by atoms with van der Waals surface area (Å²) < 4.78 is 4.57. The Bertz CT molecular complexity index is 1800. The lowest BCUT2D eigenvalue weighted by molar-refractivity contribution is 1.02. The predicted molar refractivity (Wildman–Crippen MR) is 146 cm³/mol. The van der Waals surface area contributed by atoms with Gasteiger partial charge in [0.25, 0.3) is 0 Å². The van der Waals surface area contributed by atoms with E-state index in [9.17, 15) is 0 Å². The minimum absolute atomic E-state index is 0.706. The molecule has 3 nitrogen and oxygen atoms in total. The van der Waals surface area contributed by atoms with Crippen molar-refractivity contribution in [2.24, 2.45) is 0 Å². The number of thiophene rings is 1. The molecular formula is C29H19N3S2. The Kier molecular flexibility index (Phi) is 4.47. The first-order valence-electron chi connectivity index (χ1n) is 11.1. The molecule has 7 aromatic rings. The lowest BCUT2D eigenvalue weighted by Gasteiger charge is -2.10. The standard InChI is InChI=1S/C29H19N3S2/c1-33-19-15-16-25-22(17-19)27-28(34-25)26(18-9-3-2-4-10-18)30-29(31-27)32-23-13-7-5-11-20(23)21-12-6-8-14-24(21)32/h2-17H,1H3. The molecule has 0 spiro atoms. The first-order chi connectivity index (χ1) is 16.8. The van der Waals surface area contributed by atoms with Gasteiger partial charge in [-0.3, -0.25) is 4.57 Å². The number of benzene rings is 4. The van der Waals surface area contributed by atoms with Crippen molar-refractivity contribution in [2.75, 3.05) is 6.26 Å². The molecule has 0 amide bonds. The third-order valence-corrected chi connectivity index (χ3v) is 8.23. The lowest BCUT2D eigenvalue weighted by Crippen LogP contribution is -2.02. The summed E-state index contributed by atoms with van der Waals surface area (Å²) in [6.45, 7) is 0. The maximum absolute atomic E-state index is 5.22. The molecule has 0 bridgehead atoms. The summed E-state index contributed by atoms with van der Waals surface area (Å²) in [5.74, 6) is 0.706. The molecule has 0 atom stereocenters. The predicted octanol–water partition coefficient (Wildman–Crippen LogP) is 8.33. The van der Waals surface area contributed by atoms with Crippen molar-refractivity contribution in [3.8, 4) is 17.2 Å². The number of para-hydroxylation sites is 2. The highest BCUT2D eigenvalue weighted by atomic mass is 32.2. The molecule has 7 rings (SSSR count). The summed E-state index contributed by atoms with van der Waals surface area (Å²) in [6, 6.07) is 34.1. The van der Waals surface area contributed by atoms with Crippen LogP contribution >= 0.6 is 23.1 Å². The molecule has 34 heavy (non-hydrogen) atoms. The van der Waals surface area contributed by atoms with Crippen LogP contribution in [0.3, 0.4) is 0 Å². The van der Waals surface area contributed by atoms with Crippen LogP contribution in [0.15, 0.2) is 102 Å². The second-order valence-corrected chi connectivity index (χ2v) is 10.2. The van der Waals surface area contributed by atoms with E-state index in [1.807, 2.05) is 6.07 Å². The molecule has 162 valence electrons. The van der Waals surface area contributed by atoms with E-state index < -0.39 is 0 Å². The summed E-state index contributed by atoms with van der Waals surface area (Å²) in [6.07, 6.45) is 2.11. The van der Waals surface area contributed by atoms with Crippen LogP contribution < -0.4 is 0 Å². The number of nitrogens with zero attached hydrogens (tertiary/aromatic N) is 3. The Morgan fingerprint density at radius 2 is 1.38 bits per heavy atom. The van der Waals surface area contributed by atoms with Crippen molar-refractivity contribution < 1.29 is 0 Å². The van der Waals surface area contributed by atoms with Crippen LogP contribution in [0.2, 0.25) is 0 Å². The van der Waals surface area contributed by atoms with Crippen LogP contribution in [0.5, 0.6) is 0 Å². The molecule has 0 aliphatic rings. The van der Waals surface area contributed by atoms with E-state index in [0.29, 0.717) is 5.95 Å². The average Bonchev–Trinajstić information content (AvgIpc) is 3.44. The molecule has 5 heteroatoms. The molecule has 0 aliphatic heterocycles. The summed E-state index contributed by atoms with van der Waals surface area (Å²) in [4.78, 5) is 11.7. The largest absolute Gasteiger partial charge is 0.278 e. The number of thioether (sulfide) groups is 1. The molecule has 3 aromatic heterocycles. The van der Waals surface area contributed by atoms with Crippen molar-refractivity contribution in [3.63, 3.8) is 0 Å². The Balaban J connectivity index is 1.65. The molecule has 0 fully saturated rings. The van der Waals surface area contributed by atoms with Gasteiger partial charge in [0, 0.05) is 31.3 Å². The van der Waals surface area contributed by atoms with E-state index in [4.69, 9.17) is 9.97 Å². The van der Waals surface area contributed by atoms with Gasteiger partial charge in [-0.05, 0) is 36.6 Å². The van der Waals surface area contributed by atoms with Crippen LogP contribution in [-0.2, 0) is 0 Å². The van der Waals surface area contributed by atoms with E-state index >= 15 is 0 Å². The average molecular weight is 474 g/mol. The van der Waals surface area contributed by atoms with Crippen molar-refractivity contribution >= 4 is 65.2 Å². The molecule has 0 N–H and O–H groups in total. The van der Waals surface area contributed by atoms with Gasteiger partial charge in [-0.2, -0.15) is 0 Å². The number of rotatable bonds is 3. The smallest absolute Gasteiger partial charge is 0.235 e. The number of hydrogen-bond donors (Lipinski definition) is 0. The number of fused-ring (bicyclic) bond motifs is 6. The third-order valence-electron chi connectivity index (χ3n) is 6.33. The highest BCUT2D eigenvalue weighted by molar-refractivity contribution is 7.98. The molecule has 0 saturated heterocycles. The van der Waals surface area contributed by atoms with Crippen LogP contribution in [0, 0.1) is 0 Å². The van der Waals surface area contributed by atoms with Gasteiger partial charge in [-0.1, -0.05) is 66.7 Å². The van der Waals surface area contributed by atoms with Crippen molar-refractivity contribution in [1.82, 2.24) is 14.5 Å². The van der Waals surface area contributed by atoms with Gasteiger partial charge < -0.3 is 0 Å². The molecular weight excluding hydrogens is 454 g/mol. The Labute approximate surface area is 204 Å². The lowest BCUT2D eigenvalue weighted by atomic mass is 10.1. The normalized spacial score (nSPS) is 11.8. The zero-order chi connectivity index (χ0) is 22.6. The fourth-order valence-electron chi connectivity index (χ4n) is 4.77. The Morgan fingerprint density at radius 3 is 2.09 bits per heavy atom. The summed E-state index contributed by atoms with van der Waals surface area (Å²) in [5, 5.41) is 3.61. The van der Waals surface area contributed by atoms with Crippen LogP contribution in [-0.4, -0.2) is 20.8 Å². The van der Waals surface area contributed by atoms with E-state index in [-0.39, 0.29) is 0 Å². The SMILES string of the molecule is CSc1ccc2sc3c(-c4ccccc4)nc(-n4c5ccccc5c5ccccc54)nc3c2c1. The first-order valence-corrected chi connectivity index (χ1v) is 13.2. The minimum Gasteiger partial charge on any atom is -0.278 e. The van der Waals surface area contributed by atoms with Crippen LogP contribution in [0.4, 0.5) is 0 Å². The van der Waals surface area contributed by atoms with Gasteiger partial charge in [-0.15, -0.1) is 23.1 Å². The molecule has 0 saturated carbocycles. The maximum Gasteiger partial charge on any atom is 0.235 e. The van der Waals surface area contributed by atoms with E-state index in [2.05, 4.69) is 102 Å². The highest BCUT2D eigenvalue weighted by Crippen LogP contribution is 2.40. The van der Waals surface area contributed by atoms with E-state index in [0.717, 1.165) is 32.5 Å². The molecule has 4 aromatic carbocycles. The fourth-order valence-corrected chi connectivity index (χ4v) is 6.34. The summed E-state index contributed by atoms with van der Waals surface area (Å²) in [7, 11) is 0. The van der Waals surface area contributed by atoms with Crippen molar-refractivity contribution in [2.45, 2.75) is 4.90 Å². The Morgan fingerprint density at radius 1 is 0.706 bits per heavy atom. The number of aromatic nitrogens is 3. The zero-order valence-corrected chi connectivity index (χ0v) is 20.0. The molecule has 3 heterocycles. The second-order valence-electron chi connectivity index (χ2n) is 8.25. The zero-order valence-electron chi connectivity index (χ0n) is 18.4. The monoisotopic (exact) mass is 473 g/mol. The molecule has 0 radical (unpaired) electrons. The summed E-state index contributed by atoms with van der Waals surface area (Å²) >= 11 is 3.53. The summed E-state index contributed by atoms with van der Waals surface area (Å²) in [5.41, 5.74) is 5.34. The van der Waals surface area contributed by atoms with Crippen molar-refractivity contribution in [3.05, 3.63) is 97.1 Å². The fraction of sp³-hybridized carbons (Fsp3) is 0.0345. The molecule has 0 unspecified atom stereocenters. The van der Waals surface area contributed by atoms with Gasteiger partial charge in [0.05, 0.1) is 26.9 Å². The highest BCUT2D eigenvalue weighted by Gasteiger charge is 2.19. The van der Waals surface area contributed by atoms with E-state index in [1.54, 1.807) is 23.1 Å².